The minimum Gasteiger partial charge on any atom is -0.378 e. The molecule has 1 saturated carbocycles. The van der Waals surface area contributed by atoms with E-state index in [0.29, 0.717) is 12.1 Å². The first-order valence-corrected chi connectivity index (χ1v) is 8.70. The van der Waals surface area contributed by atoms with E-state index in [-0.39, 0.29) is 0 Å². The van der Waals surface area contributed by atoms with Crippen LogP contribution in [0, 0.1) is 12.8 Å². The highest BCUT2D eigenvalue weighted by molar-refractivity contribution is 5.86. The van der Waals surface area contributed by atoms with Gasteiger partial charge in [0, 0.05) is 31.9 Å². The molecule has 0 radical (unpaired) electrons. The van der Waals surface area contributed by atoms with Crippen LogP contribution in [-0.4, -0.2) is 64.8 Å². The largest absolute Gasteiger partial charge is 0.378 e. The van der Waals surface area contributed by atoms with Gasteiger partial charge in [-0.2, -0.15) is 0 Å². The van der Waals surface area contributed by atoms with Crippen LogP contribution >= 0.6 is 0 Å². The monoisotopic (exact) mass is 313 g/mol. The Morgan fingerprint density at radius 1 is 1.22 bits per heavy atom. The Morgan fingerprint density at radius 3 is 3.00 bits per heavy atom. The van der Waals surface area contributed by atoms with Gasteiger partial charge in [-0.05, 0) is 31.7 Å². The van der Waals surface area contributed by atoms with Crippen molar-refractivity contribution < 1.29 is 4.74 Å². The third-order valence-corrected chi connectivity index (χ3v) is 5.52. The maximum Gasteiger partial charge on any atom is 0.156 e. The number of aryl methyl sites for hydroxylation is 1. The first kappa shape index (κ1) is 13.7. The van der Waals surface area contributed by atoms with E-state index in [1.807, 2.05) is 19.2 Å². The number of rotatable bonds is 2. The molecule has 2 aromatic rings. The van der Waals surface area contributed by atoms with Gasteiger partial charge in [-0.1, -0.05) is 0 Å². The average molecular weight is 313 g/mol. The molecule has 0 amide bonds. The van der Waals surface area contributed by atoms with Crippen molar-refractivity contribution in [2.75, 3.05) is 37.7 Å². The molecule has 2 aliphatic heterocycles. The average Bonchev–Trinajstić information content (AvgIpc) is 3.31. The fourth-order valence-corrected chi connectivity index (χ4v) is 4.23. The number of nitrogens with one attached hydrogen (secondary N) is 1. The molecule has 1 aliphatic carbocycles. The van der Waals surface area contributed by atoms with E-state index in [1.54, 1.807) is 0 Å². The van der Waals surface area contributed by atoms with Gasteiger partial charge in [0.15, 0.2) is 5.82 Å². The number of piperazine rings is 1. The minimum absolute atomic E-state index is 0.489. The lowest BCUT2D eigenvalue weighted by atomic mass is 10.0. The molecule has 4 heterocycles. The van der Waals surface area contributed by atoms with E-state index in [4.69, 9.17) is 9.72 Å². The summed E-state index contributed by atoms with van der Waals surface area (Å²) in [7, 11) is 0. The molecule has 6 heteroatoms. The predicted molar refractivity (Wildman–Crippen MR) is 88.7 cm³/mol. The molecule has 6 nitrogen and oxygen atoms in total. The van der Waals surface area contributed by atoms with Crippen molar-refractivity contribution >= 4 is 16.9 Å². The highest BCUT2D eigenvalue weighted by Crippen LogP contribution is 2.38. The zero-order valence-electron chi connectivity index (χ0n) is 13.5. The summed E-state index contributed by atoms with van der Waals surface area (Å²) in [6.07, 6.45) is 4.72. The molecule has 0 aromatic carbocycles. The minimum atomic E-state index is 0.489. The Labute approximate surface area is 135 Å². The summed E-state index contributed by atoms with van der Waals surface area (Å²) in [5.41, 5.74) is 2.06. The summed E-state index contributed by atoms with van der Waals surface area (Å²) in [4.78, 5) is 17.7. The topological polar surface area (TPSA) is 57.3 Å². The van der Waals surface area contributed by atoms with E-state index >= 15 is 0 Å². The van der Waals surface area contributed by atoms with Crippen LogP contribution < -0.4 is 4.90 Å². The summed E-state index contributed by atoms with van der Waals surface area (Å²) >= 11 is 0. The van der Waals surface area contributed by atoms with E-state index in [2.05, 4.69) is 19.8 Å². The van der Waals surface area contributed by atoms with Gasteiger partial charge in [0.1, 0.15) is 11.3 Å². The van der Waals surface area contributed by atoms with Crippen LogP contribution in [0.5, 0.6) is 0 Å². The zero-order chi connectivity index (χ0) is 15.4. The van der Waals surface area contributed by atoms with Crippen molar-refractivity contribution in [3.63, 3.8) is 0 Å². The van der Waals surface area contributed by atoms with Gasteiger partial charge in [-0.3, -0.25) is 4.90 Å². The summed E-state index contributed by atoms with van der Waals surface area (Å²) in [6.45, 7) is 6.88. The van der Waals surface area contributed by atoms with Crippen LogP contribution in [-0.2, 0) is 4.74 Å². The number of hydrogen-bond donors (Lipinski definition) is 1. The number of ether oxygens (including phenoxy) is 1. The van der Waals surface area contributed by atoms with Crippen molar-refractivity contribution in [3.8, 4) is 0 Å². The maximum absolute atomic E-state index is 5.92. The van der Waals surface area contributed by atoms with Gasteiger partial charge < -0.3 is 14.6 Å². The Balaban J connectivity index is 1.43. The maximum atomic E-state index is 5.92. The molecule has 23 heavy (non-hydrogen) atoms. The Hall–Kier alpha value is -1.66. The fraction of sp³-hybridized carbons (Fsp3) is 0.647. The molecule has 0 unspecified atom stereocenters. The van der Waals surface area contributed by atoms with Crippen LogP contribution in [0.4, 0.5) is 5.82 Å². The van der Waals surface area contributed by atoms with Gasteiger partial charge >= 0.3 is 0 Å². The number of nitrogens with zero attached hydrogens (tertiary/aromatic N) is 4. The lowest BCUT2D eigenvalue weighted by Gasteiger charge is -2.48. The molecule has 122 valence electrons. The quantitative estimate of drug-likeness (QED) is 0.912. The zero-order valence-corrected chi connectivity index (χ0v) is 13.5. The summed E-state index contributed by atoms with van der Waals surface area (Å²) in [5, 5.41) is 0. The first-order valence-electron chi connectivity index (χ1n) is 8.70. The summed E-state index contributed by atoms with van der Waals surface area (Å²) in [5.74, 6) is 2.76. The van der Waals surface area contributed by atoms with Crippen molar-refractivity contribution in [1.29, 1.82) is 0 Å². The smallest absolute Gasteiger partial charge is 0.156 e. The number of hydrogen-bond acceptors (Lipinski definition) is 5. The number of aromatic amines is 1. The molecule has 3 fully saturated rings. The summed E-state index contributed by atoms with van der Waals surface area (Å²) < 4.78 is 5.92. The molecule has 5 rings (SSSR count). The van der Waals surface area contributed by atoms with Gasteiger partial charge in [0.2, 0.25) is 0 Å². The number of H-pyrrole nitrogens is 1. The number of morpholine rings is 1. The van der Waals surface area contributed by atoms with E-state index < -0.39 is 0 Å². The highest BCUT2D eigenvalue weighted by Gasteiger charge is 2.43. The van der Waals surface area contributed by atoms with Crippen LogP contribution in [0.2, 0.25) is 0 Å². The van der Waals surface area contributed by atoms with E-state index in [1.165, 1.54) is 12.8 Å². The second-order valence-electron chi connectivity index (χ2n) is 7.11. The second kappa shape index (κ2) is 5.18. The molecule has 1 N–H and O–H groups in total. The lowest BCUT2D eigenvalue weighted by molar-refractivity contribution is -0.0603. The SMILES string of the molecule is Cc1nc(N2CCN3[C@@H](COC[C@@H]3C3CC3)C2)c2[nH]ccc2n1. The third kappa shape index (κ3) is 2.32. The van der Waals surface area contributed by atoms with Gasteiger partial charge in [0.05, 0.1) is 24.8 Å². The molecule has 0 spiro atoms. The van der Waals surface area contributed by atoms with Crippen LogP contribution in [0.15, 0.2) is 12.3 Å². The van der Waals surface area contributed by atoms with Gasteiger partial charge in [0.25, 0.3) is 0 Å². The fourth-order valence-electron chi connectivity index (χ4n) is 4.23. The molecule has 3 aliphatic rings. The van der Waals surface area contributed by atoms with Crippen molar-refractivity contribution in [2.24, 2.45) is 5.92 Å². The predicted octanol–water partition coefficient (Wildman–Crippen LogP) is 1.57. The van der Waals surface area contributed by atoms with Crippen molar-refractivity contribution in [1.82, 2.24) is 19.9 Å². The van der Waals surface area contributed by atoms with Crippen LogP contribution in [0.25, 0.3) is 11.0 Å². The van der Waals surface area contributed by atoms with E-state index in [0.717, 1.165) is 61.4 Å². The normalized spacial score (nSPS) is 29.0. The summed E-state index contributed by atoms with van der Waals surface area (Å²) in [6, 6.07) is 3.16. The molecular formula is C17H23N5O. The third-order valence-electron chi connectivity index (χ3n) is 5.52. The van der Waals surface area contributed by atoms with Crippen LogP contribution in [0.1, 0.15) is 18.7 Å². The molecule has 0 bridgehead atoms. The molecule has 2 aromatic heterocycles. The second-order valence-corrected chi connectivity index (χ2v) is 7.11. The standard InChI is InChI=1S/C17H23N5O/c1-11-19-14-4-5-18-16(14)17(20-11)21-6-7-22-13(8-21)9-23-10-15(22)12-2-3-12/h4-5,12-13,15,18H,2-3,6-10H2,1H3/t13-,15-/m1/s1. The first-order chi connectivity index (χ1) is 11.3. The van der Waals surface area contributed by atoms with Gasteiger partial charge in [-0.25, -0.2) is 9.97 Å². The van der Waals surface area contributed by atoms with Crippen molar-refractivity contribution in [3.05, 3.63) is 18.1 Å². The molecule has 2 atom stereocenters. The van der Waals surface area contributed by atoms with Crippen LogP contribution in [0.3, 0.4) is 0 Å². The van der Waals surface area contributed by atoms with E-state index in [9.17, 15) is 0 Å². The highest BCUT2D eigenvalue weighted by atomic mass is 16.5. The Bertz CT molecular complexity index is 725. The Kier molecular flexibility index (Phi) is 3.09. The van der Waals surface area contributed by atoms with Crippen molar-refractivity contribution in [2.45, 2.75) is 31.8 Å². The lowest BCUT2D eigenvalue weighted by Crippen LogP contribution is -2.62. The molecule has 2 saturated heterocycles. The number of fused-ring (bicyclic) bond motifs is 2. The van der Waals surface area contributed by atoms with Gasteiger partial charge in [-0.15, -0.1) is 0 Å². The molecular weight excluding hydrogens is 290 g/mol. The number of aromatic nitrogens is 3. The Morgan fingerprint density at radius 2 is 2.13 bits per heavy atom. The number of anilines is 1.